The van der Waals surface area contributed by atoms with Crippen LogP contribution in [0.1, 0.15) is 26.2 Å². The molecule has 0 amide bonds. The molecule has 4 nitrogen and oxygen atoms in total. The van der Waals surface area contributed by atoms with Crippen LogP contribution in [0.3, 0.4) is 0 Å². The Morgan fingerprint density at radius 1 is 1.44 bits per heavy atom. The zero-order valence-corrected chi connectivity index (χ0v) is 11.6. The summed E-state index contributed by atoms with van der Waals surface area (Å²) >= 11 is 0. The minimum atomic E-state index is -3.18. The lowest BCUT2D eigenvalue weighted by Crippen LogP contribution is -2.08. The SMILES string of the molecule is CCCC1CC1Nc1ccc(S(C)(=O)=O)cc1N. The van der Waals surface area contributed by atoms with E-state index in [1.807, 2.05) is 0 Å². The highest BCUT2D eigenvalue weighted by Crippen LogP contribution is 2.38. The molecule has 0 aromatic heterocycles. The molecule has 100 valence electrons. The maximum Gasteiger partial charge on any atom is 0.175 e. The average Bonchev–Trinajstić information content (AvgIpc) is 2.99. The molecule has 1 fully saturated rings. The summed E-state index contributed by atoms with van der Waals surface area (Å²) in [6.45, 7) is 2.19. The molecule has 0 radical (unpaired) electrons. The topological polar surface area (TPSA) is 72.2 Å². The lowest BCUT2D eigenvalue weighted by molar-refractivity contribution is 0.602. The summed E-state index contributed by atoms with van der Waals surface area (Å²) in [6.07, 6.45) is 4.80. The Bertz CT molecular complexity index is 540. The highest BCUT2D eigenvalue weighted by molar-refractivity contribution is 7.90. The van der Waals surface area contributed by atoms with E-state index in [2.05, 4.69) is 12.2 Å². The van der Waals surface area contributed by atoms with Gasteiger partial charge in [-0.3, -0.25) is 0 Å². The first-order chi connectivity index (χ1) is 8.41. The fraction of sp³-hybridized carbons (Fsp3) is 0.538. The van der Waals surface area contributed by atoms with Crippen molar-refractivity contribution in [1.82, 2.24) is 0 Å². The molecule has 2 atom stereocenters. The highest BCUT2D eigenvalue weighted by atomic mass is 32.2. The zero-order valence-electron chi connectivity index (χ0n) is 10.8. The van der Waals surface area contributed by atoms with Gasteiger partial charge in [-0.1, -0.05) is 13.3 Å². The number of benzene rings is 1. The largest absolute Gasteiger partial charge is 0.397 e. The van der Waals surface area contributed by atoms with Gasteiger partial charge >= 0.3 is 0 Å². The van der Waals surface area contributed by atoms with Crippen LogP contribution in [0.2, 0.25) is 0 Å². The van der Waals surface area contributed by atoms with Gasteiger partial charge in [-0.2, -0.15) is 0 Å². The molecular formula is C13H20N2O2S. The lowest BCUT2D eigenvalue weighted by atomic mass is 10.2. The number of rotatable bonds is 5. The van der Waals surface area contributed by atoms with Gasteiger partial charge in [0.15, 0.2) is 9.84 Å². The minimum absolute atomic E-state index is 0.270. The van der Waals surface area contributed by atoms with Gasteiger partial charge in [0.2, 0.25) is 0 Å². The van der Waals surface area contributed by atoms with E-state index in [0.717, 1.165) is 11.6 Å². The van der Waals surface area contributed by atoms with Gasteiger partial charge in [0, 0.05) is 12.3 Å². The third kappa shape index (κ3) is 2.96. The average molecular weight is 268 g/mol. The number of hydrogen-bond donors (Lipinski definition) is 2. The third-order valence-corrected chi connectivity index (χ3v) is 4.48. The van der Waals surface area contributed by atoms with E-state index in [1.165, 1.54) is 31.6 Å². The fourth-order valence-electron chi connectivity index (χ4n) is 2.22. The second-order valence-corrected chi connectivity index (χ2v) is 7.07. The molecule has 1 saturated carbocycles. The van der Waals surface area contributed by atoms with E-state index in [-0.39, 0.29) is 4.90 Å². The van der Waals surface area contributed by atoms with Crippen LogP contribution in [-0.4, -0.2) is 20.7 Å². The Hall–Kier alpha value is -1.23. The molecule has 5 heteroatoms. The summed E-state index contributed by atoms with van der Waals surface area (Å²) < 4.78 is 22.8. The van der Waals surface area contributed by atoms with Crippen molar-refractivity contribution in [2.24, 2.45) is 5.92 Å². The molecule has 0 aliphatic heterocycles. The lowest BCUT2D eigenvalue weighted by Gasteiger charge is -2.10. The standard InChI is InChI=1S/C13H20N2O2S/c1-3-4-9-7-13(9)15-12-6-5-10(8-11(12)14)18(2,16)17/h5-6,8-9,13,15H,3-4,7,14H2,1-2H3. The summed E-state index contributed by atoms with van der Waals surface area (Å²) in [6, 6.07) is 5.38. The van der Waals surface area contributed by atoms with Crippen molar-refractivity contribution in [2.45, 2.75) is 37.1 Å². The summed E-state index contributed by atoms with van der Waals surface area (Å²) in [7, 11) is -3.18. The second-order valence-electron chi connectivity index (χ2n) is 5.06. The molecule has 0 saturated heterocycles. The van der Waals surface area contributed by atoms with Crippen LogP contribution < -0.4 is 11.1 Å². The molecule has 3 N–H and O–H groups in total. The van der Waals surface area contributed by atoms with Crippen LogP contribution in [0.25, 0.3) is 0 Å². The van der Waals surface area contributed by atoms with Crippen molar-refractivity contribution in [1.29, 1.82) is 0 Å². The van der Waals surface area contributed by atoms with Crippen LogP contribution in [0.15, 0.2) is 23.1 Å². The van der Waals surface area contributed by atoms with Gasteiger partial charge in [0.05, 0.1) is 16.3 Å². The van der Waals surface area contributed by atoms with Crippen molar-refractivity contribution in [2.75, 3.05) is 17.3 Å². The molecule has 0 spiro atoms. The van der Waals surface area contributed by atoms with Crippen LogP contribution in [-0.2, 0) is 9.84 Å². The highest BCUT2D eigenvalue weighted by Gasteiger charge is 2.36. The van der Waals surface area contributed by atoms with Gasteiger partial charge in [0.1, 0.15) is 0 Å². The number of anilines is 2. The van der Waals surface area contributed by atoms with Crippen molar-refractivity contribution in [3.63, 3.8) is 0 Å². The van der Waals surface area contributed by atoms with E-state index in [9.17, 15) is 8.42 Å². The Morgan fingerprint density at radius 2 is 2.17 bits per heavy atom. The first-order valence-electron chi connectivity index (χ1n) is 6.28. The normalized spacial score (nSPS) is 22.8. The number of nitrogens with one attached hydrogen (secondary N) is 1. The third-order valence-electron chi connectivity index (χ3n) is 3.37. The second kappa shape index (κ2) is 4.80. The zero-order chi connectivity index (χ0) is 13.3. The van der Waals surface area contributed by atoms with Crippen molar-refractivity contribution < 1.29 is 8.42 Å². The monoisotopic (exact) mass is 268 g/mol. The molecule has 1 aliphatic rings. The maximum absolute atomic E-state index is 11.4. The Labute approximate surface area is 108 Å². The number of nitrogens with two attached hydrogens (primary N) is 1. The predicted octanol–water partition coefficient (Wildman–Crippen LogP) is 2.27. The van der Waals surface area contributed by atoms with E-state index in [1.54, 1.807) is 12.1 Å². The first-order valence-corrected chi connectivity index (χ1v) is 8.17. The number of hydrogen-bond acceptors (Lipinski definition) is 4. The van der Waals surface area contributed by atoms with Gasteiger partial charge in [-0.15, -0.1) is 0 Å². The van der Waals surface area contributed by atoms with Crippen molar-refractivity contribution in [3.8, 4) is 0 Å². The smallest absolute Gasteiger partial charge is 0.175 e. The van der Waals surface area contributed by atoms with Crippen LogP contribution in [0, 0.1) is 5.92 Å². The Morgan fingerprint density at radius 3 is 2.72 bits per heavy atom. The molecule has 0 heterocycles. The molecule has 1 aromatic rings. The molecule has 1 aliphatic carbocycles. The van der Waals surface area contributed by atoms with Gasteiger partial charge < -0.3 is 11.1 Å². The van der Waals surface area contributed by atoms with Crippen molar-refractivity contribution in [3.05, 3.63) is 18.2 Å². The minimum Gasteiger partial charge on any atom is -0.397 e. The summed E-state index contributed by atoms with van der Waals surface area (Å²) in [5, 5.41) is 3.38. The van der Waals surface area contributed by atoms with Crippen LogP contribution >= 0.6 is 0 Å². The molecule has 2 unspecified atom stereocenters. The van der Waals surface area contributed by atoms with E-state index >= 15 is 0 Å². The molecule has 18 heavy (non-hydrogen) atoms. The summed E-state index contributed by atoms with van der Waals surface area (Å²) in [5.41, 5.74) is 7.23. The number of sulfone groups is 1. The predicted molar refractivity (Wildman–Crippen MR) is 74.4 cm³/mol. The van der Waals surface area contributed by atoms with Gasteiger partial charge in [-0.05, 0) is 37.0 Å². The van der Waals surface area contributed by atoms with Crippen LogP contribution in [0.4, 0.5) is 11.4 Å². The molecule has 0 bridgehead atoms. The summed E-state index contributed by atoms with van der Waals surface area (Å²) in [5.74, 6) is 0.740. The quantitative estimate of drug-likeness (QED) is 0.804. The van der Waals surface area contributed by atoms with E-state index in [0.29, 0.717) is 11.7 Å². The molecule has 2 rings (SSSR count). The maximum atomic E-state index is 11.4. The number of nitrogen functional groups attached to an aromatic ring is 1. The van der Waals surface area contributed by atoms with Crippen LogP contribution in [0.5, 0.6) is 0 Å². The van der Waals surface area contributed by atoms with Crippen molar-refractivity contribution >= 4 is 21.2 Å². The Balaban J connectivity index is 2.07. The molecule has 1 aromatic carbocycles. The summed E-state index contributed by atoms with van der Waals surface area (Å²) in [4.78, 5) is 0.270. The fourth-order valence-corrected chi connectivity index (χ4v) is 2.87. The van der Waals surface area contributed by atoms with Gasteiger partial charge in [-0.25, -0.2) is 8.42 Å². The Kier molecular flexibility index (Phi) is 3.52. The van der Waals surface area contributed by atoms with Gasteiger partial charge in [0.25, 0.3) is 0 Å². The van der Waals surface area contributed by atoms with E-state index in [4.69, 9.17) is 5.73 Å². The molecular weight excluding hydrogens is 248 g/mol. The first kappa shape index (κ1) is 13.2. The van der Waals surface area contributed by atoms with E-state index < -0.39 is 9.84 Å².